The first-order chi connectivity index (χ1) is 11.0. The molecule has 0 unspecified atom stereocenters. The number of aromatic nitrogens is 4. The molecule has 0 saturated carbocycles. The van der Waals surface area contributed by atoms with Crippen LogP contribution in [0.1, 0.15) is 49.7 Å². The van der Waals surface area contributed by atoms with Crippen LogP contribution < -0.4 is 0 Å². The molecule has 0 bridgehead atoms. The second-order valence-corrected chi connectivity index (χ2v) is 8.64. The van der Waals surface area contributed by atoms with E-state index in [4.69, 9.17) is 10.1 Å². The Morgan fingerprint density at radius 2 is 1.87 bits per heavy atom. The molecule has 4 nitrogen and oxygen atoms in total. The van der Waals surface area contributed by atoms with Crippen LogP contribution in [0.2, 0.25) is 0 Å². The molecule has 3 aromatic rings. The number of aryl methyl sites for hydroxylation is 2. The molecule has 3 heterocycles. The molecule has 3 rings (SSSR count). The highest BCUT2D eigenvalue weighted by Crippen LogP contribution is 2.40. The minimum absolute atomic E-state index is 0.489. The van der Waals surface area contributed by atoms with Gasteiger partial charge in [-0.1, -0.05) is 13.8 Å². The summed E-state index contributed by atoms with van der Waals surface area (Å²) in [5, 5.41) is 4.79. The maximum absolute atomic E-state index is 4.79. The second kappa shape index (κ2) is 6.61. The van der Waals surface area contributed by atoms with Crippen molar-refractivity contribution in [3.05, 3.63) is 31.7 Å². The molecule has 122 valence electrons. The number of fused-ring (bicyclic) bond motifs is 1. The van der Waals surface area contributed by atoms with Gasteiger partial charge < -0.3 is 0 Å². The van der Waals surface area contributed by atoms with Crippen molar-refractivity contribution in [2.24, 2.45) is 0 Å². The van der Waals surface area contributed by atoms with Gasteiger partial charge in [0, 0.05) is 17.3 Å². The Morgan fingerprint density at radius 3 is 2.43 bits per heavy atom. The van der Waals surface area contributed by atoms with Crippen molar-refractivity contribution < 1.29 is 0 Å². The fourth-order valence-corrected chi connectivity index (χ4v) is 5.38. The Morgan fingerprint density at radius 1 is 1.17 bits per heavy atom. The van der Waals surface area contributed by atoms with Crippen molar-refractivity contribution in [2.45, 2.75) is 46.5 Å². The van der Waals surface area contributed by atoms with Crippen LogP contribution in [-0.4, -0.2) is 19.6 Å². The zero-order valence-corrected chi connectivity index (χ0v) is 17.5. The van der Waals surface area contributed by atoms with Crippen molar-refractivity contribution in [3.63, 3.8) is 0 Å². The third kappa shape index (κ3) is 2.98. The first-order valence-corrected chi connectivity index (χ1v) is 10.1. The molecule has 0 spiro atoms. The SMILES string of the molecule is CCC(CC)c1cc(C)nc2c(-c3sc(Br)nc3Br)c(C)nn12. The van der Waals surface area contributed by atoms with Crippen molar-refractivity contribution >= 4 is 48.8 Å². The quantitative estimate of drug-likeness (QED) is 0.489. The molecule has 23 heavy (non-hydrogen) atoms. The molecule has 3 aromatic heterocycles. The normalized spacial score (nSPS) is 11.8. The molecular weight excluding hydrogens is 440 g/mol. The summed E-state index contributed by atoms with van der Waals surface area (Å²) < 4.78 is 3.71. The van der Waals surface area contributed by atoms with E-state index in [1.165, 1.54) is 5.69 Å². The Labute approximate surface area is 156 Å². The third-order valence-electron chi connectivity index (χ3n) is 4.11. The summed E-state index contributed by atoms with van der Waals surface area (Å²) in [7, 11) is 0. The molecule has 0 N–H and O–H groups in total. The van der Waals surface area contributed by atoms with Crippen LogP contribution in [0.5, 0.6) is 0 Å². The molecule has 0 aliphatic heterocycles. The van der Waals surface area contributed by atoms with E-state index in [9.17, 15) is 0 Å². The van der Waals surface area contributed by atoms with E-state index in [0.717, 1.165) is 48.8 Å². The lowest BCUT2D eigenvalue weighted by Gasteiger charge is -2.15. The lowest BCUT2D eigenvalue weighted by molar-refractivity contribution is 0.598. The second-order valence-electron chi connectivity index (χ2n) is 5.62. The van der Waals surface area contributed by atoms with E-state index in [-0.39, 0.29) is 0 Å². The average molecular weight is 458 g/mol. The van der Waals surface area contributed by atoms with Gasteiger partial charge in [-0.05, 0) is 64.6 Å². The molecule has 0 aromatic carbocycles. The van der Waals surface area contributed by atoms with E-state index in [1.54, 1.807) is 11.3 Å². The lowest BCUT2D eigenvalue weighted by Crippen LogP contribution is -2.07. The Kier molecular flexibility index (Phi) is 4.90. The van der Waals surface area contributed by atoms with Crippen LogP contribution in [0.3, 0.4) is 0 Å². The summed E-state index contributed by atoms with van der Waals surface area (Å²) in [4.78, 5) is 10.3. The van der Waals surface area contributed by atoms with Crippen LogP contribution in [-0.2, 0) is 0 Å². The van der Waals surface area contributed by atoms with Gasteiger partial charge in [-0.2, -0.15) is 5.10 Å². The fourth-order valence-electron chi connectivity index (χ4n) is 2.97. The summed E-state index contributed by atoms with van der Waals surface area (Å²) in [6.07, 6.45) is 2.19. The molecule has 0 atom stereocenters. The van der Waals surface area contributed by atoms with Crippen molar-refractivity contribution in [2.75, 3.05) is 0 Å². The Balaban J connectivity index is 2.33. The molecule has 0 fully saturated rings. The number of nitrogens with zero attached hydrogens (tertiary/aromatic N) is 4. The highest BCUT2D eigenvalue weighted by Gasteiger charge is 2.22. The largest absolute Gasteiger partial charge is 0.233 e. The third-order valence-corrected chi connectivity index (χ3v) is 6.47. The zero-order valence-electron chi connectivity index (χ0n) is 13.5. The summed E-state index contributed by atoms with van der Waals surface area (Å²) in [6, 6.07) is 2.17. The smallest absolute Gasteiger partial charge is 0.164 e. The number of halogens is 2. The maximum atomic E-state index is 4.79. The van der Waals surface area contributed by atoms with Gasteiger partial charge in [-0.3, -0.25) is 0 Å². The van der Waals surface area contributed by atoms with E-state index in [2.05, 4.69) is 63.7 Å². The van der Waals surface area contributed by atoms with Crippen molar-refractivity contribution in [1.29, 1.82) is 0 Å². The highest BCUT2D eigenvalue weighted by atomic mass is 79.9. The van der Waals surface area contributed by atoms with E-state index < -0.39 is 0 Å². The van der Waals surface area contributed by atoms with Crippen LogP contribution >= 0.6 is 43.2 Å². The molecule has 0 aliphatic carbocycles. The number of thiazole rings is 1. The molecular formula is C16H18Br2N4S. The first-order valence-electron chi connectivity index (χ1n) is 7.65. The van der Waals surface area contributed by atoms with Crippen LogP contribution in [0.25, 0.3) is 16.1 Å². The molecule has 0 radical (unpaired) electrons. The maximum Gasteiger partial charge on any atom is 0.164 e. The van der Waals surface area contributed by atoms with Crippen LogP contribution in [0, 0.1) is 13.8 Å². The Hall–Kier alpha value is -0.790. The predicted molar refractivity (Wildman–Crippen MR) is 102 cm³/mol. The average Bonchev–Trinajstić information content (AvgIpc) is 2.98. The number of hydrogen-bond donors (Lipinski definition) is 0. The van der Waals surface area contributed by atoms with Gasteiger partial charge in [0.2, 0.25) is 0 Å². The van der Waals surface area contributed by atoms with Gasteiger partial charge in [0.1, 0.15) is 4.60 Å². The summed E-state index contributed by atoms with van der Waals surface area (Å²) >= 11 is 8.62. The van der Waals surface area contributed by atoms with Crippen LogP contribution in [0.15, 0.2) is 14.6 Å². The van der Waals surface area contributed by atoms with Crippen molar-refractivity contribution in [3.8, 4) is 10.4 Å². The molecule has 0 aliphatic rings. The fraction of sp³-hybridized carbons (Fsp3) is 0.438. The van der Waals surface area contributed by atoms with Gasteiger partial charge in [-0.15, -0.1) is 11.3 Å². The van der Waals surface area contributed by atoms with E-state index in [0.29, 0.717) is 5.92 Å². The summed E-state index contributed by atoms with van der Waals surface area (Å²) in [5.74, 6) is 0.489. The monoisotopic (exact) mass is 456 g/mol. The van der Waals surface area contributed by atoms with E-state index >= 15 is 0 Å². The highest BCUT2D eigenvalue weighted by molar-refractivity contribution is 9.11. The van der Waals surface area contributed by atoms with Crippen LogP contribution in [0.4, 0.5) is 0 Å². The Bertz CT molecular complexity index is 865. The van der Waals surface area contributed by atoms with Crippen molar-refractivity contribution in [1.82, 2.24) is 19.6 Å². The van der Waals surface area contributed by atoms with E-state index in [1.807, 2.05) is 11.4 Å². The number of rotatable bonds is 4. The van der Waals surface area contributed by atoms with Gasteiger partial charge in [0.05, 0.1) is 16.1 Å². The minimum Gasteiger partial charge on any atom is -0.233 e. The standard InChI is InChI=1S/C16H18Br2N4S/c1-5-10(6-2)11-7-8(3)19-15-12(9(4)21-22(11)15)13-14(17)20-16(18)23-13/h7,10H,5-6H2,1-4H3. The van der Waals surface area contributed by atoms with Gasteiger partial charge in [0.25, 0.3) is 0 Å². The molecule has 0 saturated heterocycles. The predicted octanol–water partition coefficient (Wildman–Crippen LogP) is 5.90. The zero-order chi connectivity index (χ0) is 16.7. The summed E-state index contributed by atoms with van der Waals surface area (Å²) in [5.41, 5.74) is 5.23. The topological polar surface area (TPSA) is 43.1 Å². The number of hydrogen-bond acceptors (Lipinski definition) is 4. The van der Waals surface area contributed by atoms with Gasteiger partial charge in [-0.25, -0.2) is 14.5 Å². The van der Waals surface area contributed by atoms with Gasteiger partial charge >= 0.3 is 0 Å². The molecule has 7 heteroatoms. The first kappa shape index (κ1) is 17.0. The van der Waals surface area contributed by atoms with Gasteiger partial charge in [0.15, 0.2) is 9.56 Å². The summed E-state index contributed by atoms with van der Waals surface area (Å²) in [6.45, 7) is 8.54. The lowest BCUT2D eigenvalue weighted by atomic mass is 9.98. The molecule has 0 amide bonds. The minimum atomic E-state index is 0.489.